The number of thiazole rings is 1. The molecule has 0 saturated carbocycles. The highest BCUT2D eigenvalue weighted by atomic mass is 32.1. The molecule has 0 fully saturated rings. The molecule has 2 aromatic rings. The van der Waals surface area contributed by atoms with Crippen LogP contribution in [0.3, 0.4) is 0 Å². The smallest absolute Gasteiger partial charge is 0.338 e. The van der Waals surface area contributed by atoms with Gasteiger partial charge in [0.25, 0.3) is 5.91 Å². The number of hydrogen-bond acceptors (Lipinski definition) is 5. The maximum absolute atomic E-state index is 11.9. The standard InChI is InChI=1S/C13H13N3O3S/c1-8-16-9(7-20-8)4-6-15-12(17)11-10(13(18)19)3-2-5-14-11/h2-3,5,7H,4,6H2,1H3,(H,15,17)(H,18,19). The Kier molecular flexibility index (Phi) is 4.41. The van der Waals surface area contributed by atoms with Gasteiger partial charge in [-0.3, -0.25) is 9.78 Å². The molecular weight excluding hydrogens is 278 g/mol. The predicted molar refractivity (Wildman–Crippen MR) is 74.1 cm³/mol. The summed E-state index contributed by atoms with van der Waals surface area (Å²) in [5.41, 5.74) is 0.733. The summed E-state index contributed by atoms with van der Waals surface area (Å²) in [6.07, 6.45) is 2.00. The van der Waals surface area contributed by atoms with Crippen molar-refractivity contribution in [2.45, 2.75) is 13.3 Å². The van der Waals surface area contributed by atoms with E-state index in [4.69, 9.17) is 5.11 Å². The van der Waals surface area contributed by atoms with E-state index in [1.807, 2.05) is 12.3 Å². The fourth-order valence-electron chi connectivity index (χ4n) is 1.67. The minimum atomic E-state index is -1.17. The van der Waals surface area contributed by atoms with Crippen molar-refractivity contribution in [3.05, 3.63) is 45.7 Å². The molecule has 2 N–H and O–H groups in total. The lowest BCUT2D eigenvalue weighted by Crippen LogP contribution is -2.28. The first-order chi connectivity index (χ1) is 9.58. The van der Waals surface area contributed by atoms with E-state index in [1.54, 1.807) is 11.3 Å². The Morgan fingerprint density at radius 3 is 2.90 bits per heavy atom. The van der Waals surface area contributed by atoms with Gasteiger partial charge < -0.3 is 10.4 Å². The van der Waals surface area contributed by atoms with E-state index in [2.05, 4.69) is 15.3 Å². The minimum Gasteiger partial charge on any atom is -0.478 e. The highest BCUT2D eigenvalue weighted by Gasteiger charge is 2.17. The second-order valence-electron chi connectivity index (χ2n) is 4.07. The summed E-state index contributed by atoms with van der Waals surface area (Å²) in [7, 11) is 0. The van der Waals surface area contributed by atoms with Crippen molar-refractivity contribution >= 4 is 23.2 Å². The molecule has 1 amide bonds. The summed E-state index contributed by atoms with van der Waals surface area (Å²) >= 11 is 1.55. The Hall–Kier alpha value is -2.28. The second-order valence-corrected chi connectivity index (χ2v) is 5.13. The molecular formula is C13H13N3O3S. The monoisotopic (exact) mass is 291 g/mol. The maximum atomic E-state index is 11.9. The van der Waals surface area contributed by atoms with E-state index in [0.717, 1.165) is 10.7 Å². The molecule has 20 heavy (non-hydrogen) atoms. The van der Waals surface area contributed by atoms with Crippen LogP contribution in [0.15, 0.2) is 23.7 Å². The Morgan fingerprint density at radius 2 is 2.25 bits per heavy atom. The van der Waals surface area contributed by atoms with Crippen molar-refractivity contribution in [1.29, 1.82) is 0 Å². The van der Waals surface area contributed by atoms with Crippen molar-refractivity contribution < 1.29 is 14.7 Å². The van der Waals surface area contributed by atoms with Crippen LogP contribution in [0.2, 0.25) is 0 Å². The summed E-state index contributed by atoms with van der Waals surface area (Å²) < 4.78 is 0. The van der Waals surface area contributed by atoms with Gasteiger partial charge in [-0.25, -0.2) is 9.78 Å². The third-order valence-electron chi connectivity index (χ3n) is 2.59. The van der Waals surface area contributed by atoms with Gasteiger partial charge in [0, 0.05) is 24.5 Å². The SMILES string of the molecule is Cc1nc(CCNC(=O)c2ncccc2C(=O)O)cs1. The highest BCUT2D eigenvalue weighted by Crippen LogP contribution is 2.08. The van der Waals surface area contributed by atoms with Crippen LogP contribution in [0.25, 0.3) is 0 Å². The van der Waals surface area contributed by atoms with Crippen LogP contribution >= 0.6 is 11.3 Å². The number of carboxylic acid groups (broad SMARTS) is 1. The molecule has 2 rings (SSSR count). The van der Waals surface area contributed by atoms with Gasteiger partial charge in [-0.05, 0) is 19.1 Å². The van der Waals surface area contributed by atoms with Crippen molar-refractivity contribution in [2.24, 2.45) is 0 Å². The first-order valence-corrected chi connectivity index (χ1v) is 6.83. The van der Waals surface area contributed by atoms with Crippen LogP contribution in [0.4, 0.5) is 0 Å². The van der Waals surface area contributed by atoms with E-state index in [-0.39, 0.29) is 11.3 Å². The number of nitrogens with one attached hydrogen (secondary N) is 1. The molecule has 7 heteroatoms. The lowest BCUT2D eigenvalue weighted by atomic mass is 10.2. The number of hydrogen-bond donors (Lipinski definition) is 2. The number of nitrogens with zero attached hydrogens (tertiary/aromatic N) is 2. The average Bonchev–Trinajstić information content (AvgIpc) is 2.84. The molecule has 0 unspecified atom stereocenters. The fourth-order valence-corrected chi connectivity index (χ4v) is 2.32. The fraction of sp³-hybridized carbons (Fsp3) is 0.231. The molecule has 2 aromatic heterocycles. The van der Waals surface area contributed by atoms with Gasteiger partial charge in [-0.15, -0.1) is 11.3 Å². The van der Waals surface area contributed by atoms with E-state index in [9.17, 15) is 9.59 Å². The number of amides is 1. The summed E-state index contributed by atoms with van der Waals surface area (Å²) in [5, 5.41) is 14.6. The number of carboxylic acids is 1. The van der Waals surface area contributed by atoms with Gasteiger partial charge in [0.2, 0.25) is 0 Å². The summed E-state index contributed by atoms with van der Waals surface area (Å²) in [4.78, 5) is 31.0. The Bertz CT molecular complexity index is 639. The molecule has 0 saturated heterocycles. The highest BCUT2D eigenvalue weighted by molar-refractivity contribution is 7.09. The molecule has 0 aliphatic rings. The largest absolute Gasteiger partial charge is 0.478 e. The minimum absolute atomic E-state index is 0.0746. The van der Waals surface area contributed by atoms with Crippen LogP contribution in [-0.2, 0) is 6.42 Å². The zero-order valence-electron chi connectivity index (χ0n) is 10.8. The molecule has 0 aliphatic carbocycles. The third-order valence-corrected chi connectivity index (χ3v) is 3.41. The molecule has 0 atom stereocenters. The van der Waals surface area contributed by atoms with Gasteiger partial charge in [0.1, 0.15) is 5.69 Å². The number of carbonyl (C=O) groups excluding carboxylic acids is 1. The predicted octanol–water partition coefficient (Wildman–Crippen LogP) is 1.52. The average molecular weight is 291 g/mol. The van der Waals surface area contributed by atoms with E-state index < -0.39 is 11.9 Å². The van der Waals surface area contributed by atoms with E-state index in [0.29, 0.717) is 13.0 Å². The van der Waals surface area contributed by atoms with E-state index in [1.165, 1.54) is 18.3 Å². The van der Waals surface area contributed by atoms with Crippen molar-refractivity contribution in [1.82, 2.24) is 15.3 Å². The Morgan fingerprint density at radius 1 is 1.45 bits per heavy atom. The van der Waals surface area contributed by atoms with Crippen molar-refractivity contribution in [2.75, 3.05) is 6.54 Å². The first-order valence-electron chi connectivity index (χ1n) is 5.95. The van der Waals surface area contributed by atoms with Gasteiger partial charge in [-0.1, -0.05) is 0 Å². The molecule has 0 radical (unpaired) electrons. The number of pyridine rings is 1. The quantitative estimate of drug-likeness (QED) is 0.871. The van der Waals surface area contributed by atoms with Gasteiger partial charge >= 0.3 is 5.97 Å². The summed E-state index contributed by atoms with van der Waals surface area (Å²) in [6.45, 7) is 2.30. The number of aryl methyl sites for hydroxylation is 1. The molecule has 104 valence electrons. The van der Waals surface area contributed by atoms with Crippen molar-refractivity contribution in [3.8, 4) is 0 Å². The van der Waals surface area contributed by atoms with Crippen LogP contribution in [0.5, 0.6) is 0 Å². The normalized spacial score (nSPS) is 10.2. The number of carbonyl (C=O) groups is 2. The number of rotatable bonds is 5. The zero-order valence-corrected chi connectivity index (χ0v) is 11.6. The lowest BCUT2D eigenvalue weighted by Gasteiger charge is -2.05. The molecule has 0 aromatic carbocycles. The second kappa shape index (κ2) is 6.25. The molecule has 6 nitrogen and oxygen atoms in total. The van der Waals surface area contributed by atoms with Crippen molar-refractivity contribution in [3.63, 3.8) is 0 Å². The summed E-state index contributed by atoms with van der Waals surface area (Å²) in [5.74, 6) is -1.66. The molecule has 0 spiro atoms. The van der Waals surface area contributed by atoms with Gasteiger partial charge in [-0.2, -0.15) is 0 Å². The number of aromatic carboxylic acids is 1. The molecule has 2 heterocycles. The van der Waals surface area contributed by atoms with E-state index >= 15 is 0 Å². The van der Waals surface area contributed by atoms with Gasteiger partial charge in [0.15, 0.2) is 0 Å². The van der Waals surface area contributed by atoms with Crippen LogP contribution in [-0.4, -0.2) is 33.5 Å². The topological polar surface area (TPSA) is 92.2 Å². The first kappa shape index (κ1) is 14.1. The van der Waals surface area contributed by atoms with Crippen LogP contribution in [0.1, 0.15) is 31.5 Å². The zero-order chi connectivity index (χ0) is 14.5. The third kappa shape index (κ3) is 3.39. The van der Waals surface area contributed by atoms with Crippen LogP contribution in [0, 0.1) is 6.92 Å². The number of aromatic nitrogens is 2. The van der Waals surface area contributed by atoms with Crippen LogP contribution < -0.4 is 5.32 Å². The molecule has 0 aliphatic heterocycles. The molecule has 0 bridgehead atoms. The Labute approximate surface area is 119 Å². The Balaban J connectivity index is 1.97. The van der Waals surface area contributed by atoms with Gasteiger partial charge in [0.05, 0.1) is 16.3 Å². The maximum Gasteiger partial charge on any atom is 0.338 e. The lowest BCUT2D eigenvalue weighted by molar-refractivity contribution is 0.0690. The summed E-state index contributed by atoms with van der Waals surface area (Å²) in [6, 6.07) is 2.84.